The summed E-state index contributed by atoms with van der Waals surface area (Å²) in [6.07, 6.45) is 1.76. The summed E-state index contributed by atoms with van der Waals surface area (Å²) in [5, 5.41) is 12.4. The van der Waals surface area contributed by atoms with Crippen LogP contribution in [0.1, 0.15) is 18.4 Å². The van der Waals surface area contributed by atoms with Crippen LogP contribution in [0, 0.1) is 6.92 Å². The molecule has 0 aliphatic heterocycles. The first kappa shape index (κ1) is 8.01. The molecule has 0 aliphatic carbocycles. The number of aryl methyl sites for hydroxylation is 1. The average molecular weight is 153 g/mol. The van der Waals surface area contributed by atoms with Crippen LogP contribution in [0.3, 0.4) is 0 Å². The molecule has 3 heteroatoms. The maximum atomic E-state index is 8.67. The van der Waals surface area contributed by atoms with Crippen LogP contribution in [0.15, 0.2) is 16.2 Å². The SMILES string of the molecule is CC(=Cc1cc(C)no1)CO. The zero-order chi connectivity index (χ0) is 8.27. The predicted octanol–water partition coefficient (Wildman–Crippen LogP) is 1.38. The van der Waals surface area contributed by atoms with Crippen molar-refractivity contribution in [3.05, 3.63) is 23.1 Å². The number of nitrogens with zero attached hydrogens (tertiary/aromatic N) is 1. The summed E-state index contributed by atoms with van der Waals surface area (Å²) < 4.78 is 4.90. The highest BCUT2D eigenvalue weighted by Gasteiger charge is 1.95. The molecule has 1 aromatic rings. The Balaban J connectivity index is 2.78. The number of hydrogen-bond donors (Lipinski definition) is 1. The van der Waals surface area contributed by atoms with Gasteiger partial charge in [-0.25, -0.2) is 0 Å². The topological polar surface area (TPSA) is 46.3 Å². The van der Waals surface area contributed by atoms with E-state index in [0.717, 1.165) is 11.3 Å². The number of aliphatic hydroxyl groups excluding tert-OH is 1. The van der Waals surface area contributed by atoms with Gasteiger partial charge in [-0.1, -0.05) is 5.16 Å². The summed E-state index contributed by atoms with van der Waals surface area (Å²) in [7, 11) is 0. The molecule has 0 atom stereocenters. The molecule has 1 aromatic heterocycles. The van der Waals surface area contributed by atoms with Crippen LogP contribution in [-0.2, 0) is 0 Å². The number of hydrogen-bond acceptors (Lipinski definition) is 3. The van der Waals surface area contributed by atoms with E-state index in [1.54, 1.807) is 6.08 Å². The molecule has 1 heterocycles. The van der Waals surface area contributed by atoms with Crippen LogP contribution in [0.4, 0.5) is 0 Å². The highest BCUT2D eigenvalue weighted by Crippen LogP contribution is 2.07. The van der Waals surface area contributed by atoms with Crippen LogP contribution in [0.2, 0.25) is 0 Å². The van der Waals surface area contributed by atoms with Crippen molar-refractivity contribution in [2.24, 2.45) is 0 Å². The van der Waals surface area contributed by atoms with E-state index in [1.807, 2.05) is 19.9 Å². The Morgan fingerprint density at radius 2 is 2.55 bits per heavy atom. The van der Waals surface area contributed by atoms with Crippen molar-refractivity contribution in [3.63, 3.8) is 0 Å². The van der Waals surface area contributed by atoms with Gasteiger partial charge in [0.1, 0.15) is 0 Å². The lowest BCUT2D eigenvalue weighted by atomic mass is 10.2. The molecule has 0 aromatic carbocycles. The molecule has 11 heavy (non-hydrogen) atoms. The molecule has 1 N–H and O–H groups in total. The van der Waals surface area contributed by atoms with Gasteiger partial charge in [0.05, 0.1) is 12.3 Å². The molecule has 0 fully saturated rings. The molecular formula is C8H11NO2. The Labute approximate surface area is 65.3 Å². The maximum absolute atomic E-state index is 8.67. The van der Waals surface area contributed by atoms with Crippen LogP contribution in [-0.4, -0.2) is 16.9 Å². The van der Waals surface area contributed by atoms with Crippen molar-refractivity contribution in [3.8, 4) is 0 Å². The van der Waals surface area contributed by atoms with Crippen molar-refractivity contribution < 1.29 is 9.63 Å². The first-order valence-electron chi connectivity index (χ1n) is 3.43. The summed E-state index contributed by atoms with van der Waals surface area (Å²) in [6.45, 7) is 3.74. The molecule has 0 amide bonds. The summed E-state index contributed by atoms with van der Waals surface area (Å²) in [4.78, 5) is 0. The molecule has 60 valence electrons. The largest absolute Gasteiger partial charge is 0.392 e. The number of rotatable bonds is 2. The van der Waals surface area contributed by atoms with Gasteiger partial charge in [0.15, 0.2) is 5.76 Å². The molecule has 1 rings (SSSR count). The van der Waals surface area contributed by atoms with Gasteiger partial charge < -0.3 is 9.63 Å². The zero-order valence-corrected chi connectivity index (χ0v) is 6.66. The Bertz CT molecular complexity index is 263. The van der Waals surface area contributed by atoms with E-state index >= 15 is 0 Å². The molecule has 0 radical (unpaired) electrons. The van der Waals surface area contributed by atoms with Crippen LogP contribution < -0.4 is 0 Å². The van der Waals surface area contributed by atoms with Crippen molar-refractivity contribution in [2.45, 2.75) is 13.8 Å². The standard InChI is InChI=1S/C8H11NO2/c1-6(5-10)3-8-4-7(2)9-11-8/h3-4,10H,5H2,1-2H3. The fourth-order valence-electron chi connectivity index (χ4n) is 0.740. The van der Waals surface area contributed by atoms with Crippen molar-refractivity contribution in [1.29, 1.82) is 0 Å². The van der Waals surface area contributed by atoms with E-state index in [9.17, 15) is 0 Å². The molecule has 0 aliphatic rings. The third-order valence-corrected chi connectivity index (χ3v) is 1.28. The Hall–Kier alpha value is -1.09. The molecule has 0 saturated heterocycles. The predicted molar refractivity (Wildman–Crippen MR) is 42.0 cm³/mol. The average Bonchev–Trinajstić information content (AvgIpc) is 2.35. The van der Waals surface area contributed by atoms with E-state index < -0.39 is 0 Å². The quantitative estimate of drug-likeness (QED) is 0.698. The normalized spacial score (nSPS) is 12.1. The van der Waals surface area contributed by atoms with Crippen molar-refractivity contribution >= 4 is 6.08 Å². The first-order chi connectivity index (χ1) is 5.22. The fraction of sp³-hybridized carbons (Fsp3) is 0.375. The molecule has 0 spiro atoms. The molecule has 3 nitrogen and oxygen atoms in total. The van der Waals surface area contributed by atoms with Gasteiger partial charge in [0, 0.05) is 6.07 Å². The third-order valence-electron chi connectivity index (χ3n) is 1.28. The minimum atomic E-state index is 0.0553. The lowest BCUT2D eigenvalue weighted by Crippen LogP contribution is -1.81. The van der Waals surface area contributed by atoms with Gasteiger partial charge in [-0.2, -0.15) is 0 Å². The lowest BCUT2D eigenvalue weighted by Gasteiger charge is -1.88. The van der Waals surface area contributed by atoms with Crippen molar-refractivity contribution in [2.75, 3.05) is 6.61 Å². The monoisotopic (exact) mass is 153 g/mol. The highest BCUT2D eigenvalue weighted by molar-refractivity contribution is 5.46. The Kier molecular flexibility index (Phi) is 2.44. The van der Waals surface area contributed by atoms with Gasteiger partial charge in [0.25, 0.3) is 0 Å². The van der Waals surface area contributed by atoms with Gasteiger partial charge in [-0.15, -0.1) is 0 Å². The van der Waals surface area contributed by atoms with Crippen molar-refractivity contribution in [1.82, 2.24) is 5.16 Å². The Morgan fingerprint density at radius 1 is 1.82 bits per heavy atom. The Morgan fingerprint density at radius 3 is 3.00 bits per heavy atom. The van der Waals surface area contributed by atoms with Gasteiger partial charge in [-0.3, -0.25) is 0 Å². The van der Waals surface area contributed by atoms with Gasteiger partial charge in [-0.05, 0) is 25.5 Å². The van der Waals surface area contributed by atoms with E-state index in [-0.39, 0.29) is 6.61 Å². The van der Waals surface area contributed by atoms with Gasteiger partial charge in [0.2, 0.25) is 0 Å². The number of aromatic nitrogens is 1. The van der Waals surface area contributed by atoms with E-state index in [0.29, 0.717) is 5.76 Å². The van der Waals surface area contributed by atoms with Crippen LogP contribution >= 0.6 is 0 Å². The second-order valence-corrected chi connectivity index (χ2v) is 2.52. The summed E-state index contributed by atoms with van der Waals surface area (Å²) in [6, 6.07) is 1.82. The number of aliphatic hydroxyl groups is 1. The maximum Gasteiger partial charge on any atom is 0.159 e. The van der Waals surface area contributed by atoms with E-state index in [4.69, 9.17) is 9.63 Å². The third kappa shape index (κ3) is 2.20. The minimum absolute atomic E-state index is 0.0553. The van der Waals surface area contributed by atoms with E-state index in [1.165, 1.54) is 0 Å². The molecule has 0 saturated carbocycles. The fourth-order valence-corrected chi connectivity index (χ4v) is 0.740. The summed E-state index contributed by atoms with van der Waals surface area (Å²) >= 11 is 0. The summed E-state index contributed by atoms with van der Waals surface area (Å²) in [5.41, 5.74) is 1.71. The smallest absolute Gasteiger partial charge is 0.159 e. The van der Waals surface area contributed by atoms with Crippen LogP contribution in [0.5, 0.6) is 0 Å². The first-order valence-corrected chi connectivity index (χ1v) is 3.43. The highest BCUT2D eigenvalue weighted by atomic mass is 16.5. The van der Waals surface area contributed by atoms with Gasteiger partial charge >= 0.3 is 0 Å². The zero-order valence-electron chi connectivity index (χ0n) is 6.66. The minimum Gasteiger partial charge on any atom is -0.392 e. The second-order valence-electron chi connectivity index (χ2n) is 2.52. The molecule has 0 bridgehead atoms. The second kappa shape index (κ2) is 3.34. The molecule has 0 unspecified atom stereocenters. The van der Waals surface area contributed by atoms with Crippen LogP contribution in [0.25, 0.3) is 6.08 Å². The summed E-state index contributed by atoms with van der Waals surface area (Å²) in [5.74, 6) is 0.689. The van der Waals surface area contributed by atoms with E-state index in [2.05, 4.69) is 5.16 Å². The molecular weight excluding hydrogens is 142 g/mol. The lowest BCUT2D eigenvalue weighted by molar-refractivity contribution is 0.332.